The van der Waals surface area contributed by atoms with Gasteiger partial charge in [-0.05, 0) is 58.0 Å². The number of hydrogen-bond donors (Lipinski definition) is 2. The zero-order chi connectivity index (χ0) is 21.5. The molecule has 0 fully saturated rings. The molecule has 2 rings (SSSR count). The van der Waals surface area contributed by atoms with E-state index in [0.717, 1.165) is 18.2 Å². The molecule has 2 aromatic carbocycles. The second-order valence-corrected chi connectivity index (χ2v) is 6.72. The van der Waals surface area contributed by atoms with Gasteiger partial charge in [-0.1, -0.05) is 18.2 Å². The van der Waals surface area contributed by atoms with E-state index in [0.29, 0.717) is 5.69 Å². The molecule has 0 aliphatic heterocycles. The van der Waals surface area contributed by atoms with Crippen LogP contribution in [0, 0.1) is 0 Å². The van der Waals surface area contributed by atoms with Crippen LogP contribution in [0.25, 0.3) is 0 Å². The fourth-order valence-electron chi connectivity index (χ4n) is 2.29. The lowest BCUT2D eigenvalue weighted by molar-refractivity contribution is -0.138. The molecule has 0 aromatic heterocycles. The Labute approximate surface area is 161 Å². The molecule has 0 saturated heterocycles. The molecule has 0 heterocycles. The predicted octanol–water partition coefficient (Wildman–Crippen LogP) is 7.05. The average Bonchev–Trinajstić information content (AvgIpc) is 2.53. The second kappa shape index (κ2) is 9.71. The van der Waals surface area contributed by atoms with Gasteiger partial charge in [-0.3, -0.25) is 0 Å². The van der Waals surface area contributed by atoms with Gasteiger partial charge in [-0.25, -0.2) is 0 Å². The standard InChI is InChI=1S/2C10H12F3N/c1-7(2)14-9-5-3-4-8(6-9)10(11,12)13;1-7(2)14-9-6-4-3-5-8(9)10(11,12)13/h2*3-7,14H,1-2H3. The van der Waals surface area contributed by atoms with Gasteiger partial charge in [0.2, 0.25) is 0 Å². The lowest BCUT2D eigenvalue weighted by Gasteiger charge is -2.16. The summed E-state index contributed by atoms with van der Waals surface area (Å²) in [6.45, 7) is 7.35. The van der Waals surface area contributed by atoms with Gasteiger partial charge in [0, 0.05) is 23.5 Å². The first-order valence-electron chi connectivity index (χ1n) is 8.67. The molecule has 2 nitrogen and oxygen atoms in total. The summed E-state index contributed by atoms with van der Waals surface area (Å²) in [6, 6.07) is 10.8. The minimum atomic E-state index is -4.29. The highest BCUT2D eigenvalue weighted by molar-refractivity contribution is 5.53. The number of nitrogens with one attached hydrogen (secondary N) is 2. The van der Waals surface area contributed by atoms with Crippen LogP contribution in [0.15, 0.2) is 48.5 Å². The maximum atomic E-state index is 12.5. The summed E-state index contributed by atoms with van der Waals surface area (Å²) in [7, 11) is 0. The average molecular weight is 406 g/mol. The third-order valence-corrected chi connectivity index (χ3v) is 3.32. The van der Waals surface area contributed by atoms with Crippen LogP contribution in [-0.2, 0) is 12.4 Å². The Balaban J connectivity index is 0.000000280. The van der Waals surface area contributed by atoms with Gasteiger partial charge in [0.1, 0.15) is 0 Å². The lowest BCUT2D eigenvalue weighted by Crippen LogP contribution is -2.15. The van der Waals surface area contributed by atoms with Gasteiger partial charge < -0.3 is 10.6 Å². The Bertz CT molecular complexity index is 736. The maximum absolute atomic E-state index is 12.5. The van der Waals surface area contributed by atoms with Crippen molar-refractivity contribution in [3.63, 3.8) is 0 Å². The van der Waals surface area contributed by atoms with Crippen molar-refractivity contribution >= 4 is 11.4 Å². The molecule has 0 amide bonds. The first-order valence-corrected chi connectivity index (χ1v) is 8.67. The molecular weight excluding hydrogens is 382 g/mol. The largest absolute Gasteiger partial charge is 0.418 e. The van der Waals surface area contributed by atoms with Crippen LogP contribution in [0.3, 0.4) is 0 Å². The Morgan fingerprint density at radius 2 is 1.25 bits per heavy atom. The maximum Gasteiger partial charge on any atom is 0.418 e. The van der Waals surface area contributed by atoms with Gasteiger partial charge >= 0.3 is 12.4 Å². The highest BCUT2D eigenvalue weighted by atomic mass is 19.4. The Morgan fingerprint density at radius 3 is 1.75 bits per heavy atom. The summed E-state index contributed by atoms with van der Waals surface area (Å²) in [5, 5.41) is 5.68. The summed E-state index contributed by atoms with van der Waals surface area (Å²) >= 11 is 0. The molecule has 156 valence electrons. The summed E-state index contributed by atoms with van der Waals surface area (Å²) in [6.07, 6.45) is -8.56. The second-order valence-electron chi connectivity index (χ2n) is 6.72. The van der Waals surface area contributed by atoms with Gasteiger partial charge in [0.15, 0.2) is 0 Å². The van der Waals surface area contributed by atoms with E-state index < -0.39 is 23.5 Å². The summed E-state index contributed by atoms with van der Waals surface area (Å²) in [5.41, 5.74) is -0.610. The summed E-state index contributed by atoms with van der Waals surface area (Å²) in [4.78, 5) is 0. The van der Waals surface area contributed by atoms with Crippen LogP contribution >= 0.6 is 0 Å². The van der Waals surface area contributed by atoms with Gasteiger partial charge in [0.25, 0.3) is 0 Å². The summed E-state index contributed by atoms with van der Waals surface area (Å²) < 4.78 is 74.2. The smallest absolute Gasteiger partial charge is 0.383 e. The van der Waals surface area contributed by atoms with E-state index in [1.807, 2.05) is 13.8 Å². The van der Waals surface area contributed by atoms with E-state index in [1.165, 1.54) is 18.2 Å². The number of hydrogen-bond acceptors (Lipinski definition) is 2. The van der Waals surface area contributed by atoms with Crippen LogP contribution in [-0.4, -0.2) is 12.1 Å². The molecule has 0 radical (unpaired) electrons. The predicted molar refractivity (Wildman–Crippen MR) is 100 cm³/mol. The Kier molecular flexibility index (Phi) is 8.20. The highest BCUT2D eigenvalue weighted by Gasteiger charge is 2.33. The molecule has 2 N–H and O–H groups in total. The van der Waals surface area contributed by atoms with Crippen molar-refractivity contribution in [2.75, 3.05) is 10.6 Å². The van der Waals surface area contributed by atoms with Crippen LogP contribution in [0.5, 0.6) is 0 Å². The van der Waals surface area contributed by atoms with Gasteiger partial charge in [-0.2, -0.15) is 26.3 Å². The van der Waals surface area contributed by atoms with Crippen molar-refractivity contribution in [1.29, 1.82) is 0 Å². The minimum absolute atomic E-state index is 0.0153. The van der Waals surface area contributed by atoms with E-state index in [-0.39, 0.29) is 17.8 Å². The molecule has 8 heteroatoms. The number of para-hydroxylation sites is 1. The normalized spacial score (nSPS) is 11.9. The van der Waals surface area contributed by atoms with E-state index >= 15 is 0 Å². The first-order chi connectivity index (χ1) is 12.8. The van der Waals surface area contributed by atoms with Crippen LogP contribution in [0.4, 0.5) is 37.7 Å². The van der Waals surface area contributed by atoms with Gasteiger partial charge in [-0.15, -0.1) is 0 Å². The number of rotatable bonds is 4. The first kappa shape index (κ1) is 23.7. The number of benzene rings is 2. The highest BCUT2D eigenvalue weighted by Crippen LogP contribution is 2.34. The van der Waals surface area contributed by atoms with Crippen molar-refractivity contribution < 1.29 is 26.3 Å². The third-order valence-electron chi connectivity index (χ3n) is 3.32. The third kappa shape index (κ3) is 8.10. The lowest BCUT2D eigenvalue weighted by atomic mass is 10.1. The van der Waals surface area contributed by atoms with Crippen LogP contribution in [0.1, 0.15) is 38.8 Å². The van der Waals surface area contributed by atoms with Crippen LogP contribution < -0.4 is 10.6 Å². The SMILES string of the molecule is CC(C)Nc1cccc(C(F)(F)F)c1.CC(C)Nc1ccccc1C(F)(F)F. The van der Waals surface area contributed by atoms with Crippen molar-refractivity contribution in [2.24, 2.45) is 0 Å². The molecule has 28 heavy (non-hydrogen) atoms. The summed E-state index contributed by atoms with van der Waals surface area (Å²) in [5.74, 6) is 0. The quantitative estimate of drug-likeness (QED) is 0.532. The van der Waals surface area contributed by atoms with Crippen molar-refractivity contribution in [3.05, 3.63) is 59.7 Å². The molecule has 0 unspecified atom stereocenters. The molecule has 0 aliphatic carbocycles. The monoisotopic (exact) mass is 406 g/mol. The molecule has 0 atom stereocenters. The van der Waals surface area contributed by atoms with Gasteiger partial charge in [0.05, 0.1) is 11.1 Å². The number of halogens is 6. The number of alkyl halides is 6. The van der Waals surface area contributed by atoms with Crippen molar-refractivity contribution in [2.45, 2.75) is 52.1 Å². The zero-order valence-corrected chi connectivity index (χ0v) is 16.0. The van der Waals surface area contributed by atoms with E-state index in [9.17, 15) is 26.3 Å². The molecule has 0 spiro atoms. The molecular formula is C20H24F6N2. The topological polar surface area (TPSA) is 24.1 Å². The fraction of sp³-hybridized carbons (Fsp3) is 0.400. The van der Waals surface area contributed by atoms with Crippen molar-refractivity contribution in [1.82, 2.24) is 0 Å². The molecule has 0 bridgehead atoms. The van der Waals surface area contributed by atoms with E-state index in [4.69, 9.17) is 0 Å². The van der Waals surface area contributed by atoms with E-state index in [2.05, 4.69) is 10.6 Å². The molecule has 2 aromatic rings. The van der Waals surface area contributed by atoms with E-state index in [1.54, 1.807) is 26.0 Å². The van der Waals surface area contributed by atoms with Crippen LogP contribution in [0.2, 0.25) is 0 Å². The Morgan fingerprint density at radius 1 is 0.679 bits per heavy atom. The number of anilines is 2. The fourth-order valence-corrected chi connectivity index (χ4v) is 2.29. The Hall–Kier alpha value is -2.38. The molecule has 0 aliphatic rings. The zero-order valence-electron chi connectivity index (χ0n) is 16.0. The van der Waals surface area contributed by atoms with Crippen molar-refractivity contribution in [3.8, 4) is 0 Å². The minimum Gasteiger partial charge on any atom is -0.383 e. The molecule has 0 saturated carbocycles.